The van der Waals surface area contributed by atoms with Gasteiger partial charge in [0.25, 0.3) is 5.91 Å². The van der Waals surface area contributed by atoms with Crippen LogP contribution in [-0.2, 0) is 6.54 Å². The molecule has 0 bridgehead atoms. The number of hydrogen-bond donors (Lipinski definition) is 1. The van der Waals surface area contributed by atoms with E-state index in [4.69, 9.17) is 11.6 Å². The minimum atomic E-state index is -0.0702. The number of aromatic nitrogens is 1. The Balaban J connectivity index is 1.35. The summed E-state index contributed by atoms with van der Waals surface area (Å²) in [7, 11) is 0. The lowest BCUT2D eigenvalue weighted by molar-refractivity contribution is 0.0905. The third-order valence-corrected chi connectivity index (χ3v) is 6.77. The summed E-state index contributed by atoms with van der Waals surface area (Å²) in [6, 6.07) is 21.9. The number of rotatable bonds is 6. The first-order valence-corrected chi connectivity index (χ1v) is 11.3. The van der Waals surface area contributed by atoms with Crippen LogP contribution in [0.1, 0.15) is 28.8 Å². The Morgan fingerprint density at radius 1 is 1.03 bits per heavy atom. The molecule has 1 aromatic heterocycles. The fraction of sp³-hybridized carbons (Fsp3) is 0.250. The molecule has 0 aliphatic carbocycles. The van der Waals surface area contributed by atoms with Gasteiger partial charge in [0.15, 0.2) is 0 Å². The summed E-state index contributed by atoms with van der Waals surface area (Å²) in [5, 5.41) is 4.54. The van der Waals surface area contributed by atoms with Crippen LogP contribution in [0.2, 0.25) is 5.02 Å². The first-order valence-electron chi connectivity index (χ1n) is 10.1. The number of pyridine rings is 1. The first-order chi connectivity index (χ1) is 14.7. The highest BCUT2D eigenvalue weighted by atomic mass is 35.5. The number of hydrogen-bond acceptors (Lipinski definition) is 4. The smallest absolute Gasteiger partial charge is 0.254 e. The van der Waals surface area contributed by atoms with Gasteiger partial charge < -0.3 is 5.32 Å². The molecule has 0 saturated carbocycles. The highest BCUT2D eigenvalue weighted by Crippen LogP contribution is 2.33. The van der Waals surface area contributed by atoms with E-state index in [9.17, 15) is 4.79 Å². The molecule has 2 heterocycles. The summed E-state index contributed by atoms with van der Waals surface area (Å²) in [5.41, 5.74) is 1.92. The molecular weight excluding hydrogens is 414 g/mol. The minimum absolute atomic E-state index is 0.0702. The van der Waals surface area contributed by atoms with E-state index in [1.54, 1.807) is 12.3 Å². The summed E-state index contributed by atoms with van der Waals surface area (Å²) >= 11 is 7.70. The number of halogens is 1. The van der Waals surface area contributed by atoms with Crippen molar-refractivity contribution in [2.75, 3.05) is 13.1 Å². The Labute approximate surface area is 186 Å². The van der Waals surface area contributed by atoms with Crippen molar-refractivity contribution in [3.8, 4) is 0 Å². The molecule has 154 valence electrons. The van der Waals surface area contributed by atoms with E-state index < -0.39 is 0 Å². The molecule has 0 unspecified atom stereocenters. The third-order valence-electron chi connectivity index (χ3n) is 5.23. The Morgan fingerprint density at radius 2 is 1.77 bits per heavy atom. The molecule has 4 nitrogen and oxygen atoms in total. The lowest BCUT2D eigenvalue weighted by Crippen LogP contribution is -2.44. The zero-order chi connectivity index (χ0) is 20.8. The summed E-state index contributed by atoms with van der Waals surface area (Å²) < 4.78 is 0. The van der Waals surface area contributed by atoms with Crippen molar-refractivity contribution >= 4 is 29.3 Å². The zero-order valence-corrected chi connectivity index (χ0v) is 18.2. The lowest BCUT2D eigenvalue weighted by Gasteiger charge is -2.32. The number of amides is 1. The van der Waals surface area contributed by atoms with Gasteiger partial charge in [-0.2, -0.15) is 0 Å². The molecule has 1 N–H and O–H groups in total. The summed E-state index contributed by atoms with van der Waals surface area (Å²) in [6.07, 6.45) is 3.61. The Kier molecular flexibility index (Phi) is 7.05. The Hall–Kier alpha value is -2.34. The minimum Gasteiger partial charge on any atom is -0.349 e. The van der Waals surface area contributed by atoms with Gasteiger partial charge in [-0.1, -0.05) is 65.8 Å². The van der Waals surface area contributed by atoms with Gasteiger partial charge in [-0.15, -0.1) is 0 Å². The van der Waals surface area contributed by atoms with Gasteiger partial charge in [0, 0.05) is 36.8 Å². The number of nitrogens with one attached hydrogen (secondary N) is 1. The van der Waals surface area contributed by atoms with E-state index in [0.717, 1.165) is 37.4 Å². The molecule has 1 fully saturated rings. The van der Waals surface area contributed by atoms with Crippen molar-refractivity contribution in [2.24, 2.45) is 0 Å². The molecule has 3 aromatic rings. The van der Waals surface area contributed by atoms with Gasteiger partial charge >= 0.3 is 0 Å². The van der Waals surface area contributed by atoms with Crippen molar-refractivity contribution in [3.63, 3.8) is 0 Å². The normalized spacial score (nSPS) is 15.1. The molecule has 1 amide bonds. The molecule has 30 heavy (non-hydrogen) atoms. The molecule has 1 aliphatic rings. The maximum Gasteiger partial charge on any atom is 0.254 e. The first kappa shape index (κ1) is 20.9. The SMILES string of the molecule is O=C(NC1CCN(Cc2ccccc2)CC1)c1cccnc1Sc1ccccc1Cl. The third kappa shape index (κ3) is 5.42. The Morgan fingerprint density at radius 3 is 2.53 bits per heavy atom. The van der Waals surface area contributed by atoms with Crippen molar-refractivity contribution in [3.05, 3.63) is 89.1 Å². The largest absolute Gasteiger partial charge is 0.349 e. The molecule has 0 spiro atoms. The van der Waals surface area contributed by atoms with Crippen LogP contribution in [0, 0.1) is 0 Å². The second kappa shape index (κ2) is 10.1. The van der Waals surface area contributed by atoms with Crippen LogP contribution >= 0.6 is 23.4 Å². The highest BCUT2D eigenvalue weighted by Gasteiger charge is 2.23. The molecule has 2 aromatic carbocycles. The van der Waals surface area contributed by atoms with Crippen molar-refractivity contribution in [1.29, 1.82) is 0 Å². The summed E-state index contributed by atoms with van der Waals surface area (Å²) in [6.45, 7) is 2.92. The van der Waals surface area contributed by atoms with Crippen molar-refractivity contribution in [2.45, 2.75) is 35.3 Å². The van der Waals surface area contributed by atoms with Gasteiger partial charge in [-0.25, -0.2) is 4.98 Å². The van der Waals surface area contributed by atoms with Crippen molar-refractivity contribution in [1.82, 2.24) is 15.2 Å². The van der Waals surface area contributed by atoms with E-state index in [-0.39, 0.29) is 11.9 Å². The zero-order valence-electron chi connectivity index (χ0n) is 16.6. The summed E-state index contributed by atoms with van der Waals surface area (Å²) in [4.78, 5) is 20.7. The second-order valence-electron chi connectivity index (χ2n) is 7.40. The van der Waals surface area contributed by atoms with Gasteiger partial charge in [0.05, 0.1) is 10.6 Å². The fourth-order valence-electron chi connectivity index (χ4n) is 3.62. The average molecular weight is 438 g/mol. The van der Waals surface area contributed by atoms with E-state index in [0.29, 0.717) is 15.6 Å². The number of likely N-dealkylation sites (tertiary alicyclic amines) is 1. The van der Waals surface area contributed by atoms with Crippen LogP contribution in [0.5, 0.6) is 0 Å². The van der Waals surface area contributed by atoms with Gasteiger partial charge in [-0.05, 0) is 42.7 Å². The van der Waals surface area contributed by atoms with Gasteiger partial charge in [0.1, 0.15) is 5.03 Å². The van der Waals surface area contributed by atoms with E-state index in [1.165, 1.54) is 17.3 Å². The maximum atomic E-state index is 13.0. The quantitative estimate of drug-likeness (QED) is 0.569. The number of nitrogens with zero attached hydrogens (tertiary/aromatic N) is 2. The fourth-order valence-corrected chi connectivity index (χ4v) is 4.77. The monoisotopic (exact) mass is 437 g/mol. The molecule has 1 aliphatic heterocycles. The van der Waals surface area contributed by atoms with Crippen LogP contribution < -0.4 is 5.32 Å². The molecule has 4 rings (SSSR count). The molecular formula is C24H24ClN3OS. The van der Waals surface area contributed by atoms with Crippen LogP contribution in [0.3, 0.4) is 0 Å². The van der Waals surface area contributed by atoms with Crippen LogP contribution in [0.25, 0.3) is 0 Å². The Bertz CT molecular complexity index is 991. The predicted octanol–water partition coefficient (Wildman–Crippen LogP) is 5.28. The predicted molar refractivity (Wildman–Crippen MR) is 122 cm³/mol. The molecule has 6 heteroatoms. The number of benzene rings is 2. The lowest BCUT2D eigenvalue weighted by atomic mass is 10.0. The standard InChI is InChI=1S/C24H24ClN3OS/c25-21-10-4-5-11-22(21)30-24-20(9-6-14-26-24)23(29)27-19-12-15-28(16-13-19)17-18-7-2-1-3-8-18/h1-11,14,19H,12-13,15-17H2,(H,27,29). The number of piperidine rings is 1. The van der Waals surface area contributed by atoms with Crippen LogP contribution in [-0.4, -0.2) is 34.9 Å². The van der Waals surface area contributed by atoms with E-state index in [2.05, 4.69) is 39.5 Å². The van der Waals surface area contributed by atoms with E-state index >= 15 is 0 Å². The van der Waals surface area contributed by atoms with Crippen molar-refractivity contribution < 1.29 is 4.79 Å². The molecule has 1 saturated heterocycles. The van der Waals surface area contributed by atoms with Gasteiger partial charge in [-0.3, -0.25) is 9.69 Å². The second-order valence-corrected chi connectivity index (χ2v) is 8.84. The molecule has 0 radical (unpaired) electrons. The topological polar surface area (TPSA) is 45.2 Å². The van der Waals surface area contributed by atoms with Crippen LogP contribution in [0.15, 0.2) is 82.8 Å². The maximum absolute atomic E-state index is 13.0. The summed E-state index contributed by atoms with van der Waals surface area (Å²) in [5.74, 6) is -0.0702. The molecule has 0 atom stereocenters. The van der Waals surface area contributed by atoms with Gasteiger partial charge in [0.2, 0.25) is 0 Å². The van der Waals surface area contributed by atoms with Crippen LogP contribution in [0.4, 0.5) is 0 Å². The van der Waals surface area contributed by atoms with E-state index in [1.807, 2.05) is 36.4 Å². The number of carbonyl (C=O) groups is 1. The highest BCUT2D eigenvalue weighted by molar-refractivity contribution is 7.99. The number of carbonyl (C=O) groups excluding carboxylic acids is 1. The average Bonchev–Trinajstić information content (AvgIpc) is 2.78.